The Bertz CT molecular complexity index is 634. The zero-order chi connectivity index (χ0) is 17.7. The zero-order valence-electron chi connectivity index (χ0n) is 15.8. The lowest BCUT2D eigenvalue weighted by molar-refractivity contribution is 0.820. The normalized spacial score (nSPS) is 11.2. The Morgan fingerprint density at radius 3 is 2.04 bits per heavy atom. The highest BCUT2D eigenvalue weighted by molar-refractivity contribution is 5.67. The van der Waals surface area contributed by atoms with Crippen molar-refractivity contribution in [2.45, 2.75) is 53.4 Å². The molecule has 0 aliphatic rings. The van der Waals surface area contributed by atoms with Crippen LogP contribution in [-0.4, -0.2) is 23.1 Å². The Labute approximate surface area is 146 Å². The van der Waals surface area contributed by atoms with Gasteiger partial charge in [0.05, 0.1) is 0 Å². The summed E-state index contributed by atoms with van der Waals surface area (Å²) in [6.45, 7) is 15.0. The van der Waals surface area contributed by atoms with Gasteiger partial charge in [-0.05, 0) is 42.9 Å². The van der Waals surface area contributed by atoms with E-state index >= 15 is 0 Å². The minimum absolute atomic E-state index is 0.454. The molecule has 4 nitrogen and oxygen atoms in total. The van der Waals surface area contributed by atoms with E-state index in [0.717, 1.165) is 24.9 Å². The number of aromatic nitrogens is 2. The van der Waals surface area contributed by atoms with Crippen molar-refractivity contribution >= 4 is 17.5 Å². The van der Waals surface area contributed by atoms with Crippen LogP contribution in [0.25, 0.3) is 0 Å². The first kappa shape index (κ1) is 18.2. The molecule has 0 aliphatic heterocycles. The van der Waals surface area contributed by atoms with Gasteiger partial charge in [0.1, 0.15) is 5.82 Å². The number of para-hydroxylation sites is 1. The predicted molar refractivity (Wildman–Crippen MR) is 103 cm³/mol. The molecule has 0 fully saturated rings. The van der Waals surface area contributed by atoms with Gasteiger partial charge in [-0.2, -0.15) is 4.98 Å². The fourth-order valence-corrected chi connectivity index (χ4v) is 2.90. The molecule has 1 aromatic heterocycles. The van der Waals surface area contributed by atoms with Gasteiger partial charge in [-0.25, -0.2) is 4.98 Å². The number of hydrogen-bond donors (Lipinski definition) is 1. The molecule has 2 rings (SSSR count). The van der Waals surface area contributed by atoms with Crippen LogP contribution in [0.4, 0.5) is 17.5 Å². The third kappa shape index (κ3) is 4.05. The molecule has 1 heterocycles. The van der Waals surface area contributed by atoms with E-state index in [2.05, 4.69) is 74.9 Å². The highest BCUT2D eigenvalue weighted by Gasteiger charge is 2.15. The summed E-state index contributed by atoms with van der Waals surface area (Å²) in [5.74, 6) is 2.53. The van der Waals surface area contributed by atoms with E-state index in [1.807, 2.05) is 12.3 Å². The van der Waals surface area contributed by atoms with E-state index in [4.69, 9.17) is 4.98 Å². The van der Waals surface area contributed by atoms with Crippen LogP contribution in [0.5, 0.6) is 0 Å². The Kier molecular flexibility index (Phi) is 6.18. The van der Waals surface area contributed by atoms with Crippen LogP contribution in [0.3, 0.4) is 0 Å². The number of rotatable bonds is 7. The first-order valence-corrected chi connectivity index (χ1v) is 8.95. The maximum absolute atomic E-state index is 4.71. The highest BCUT2D eigenvalue weighted by Crippen LogP contribution is 2.34. The number of nitrogens with one attached hydrogen (secondary N) is 1. The van der Waals surface area contributed by atoms with Crippen LogP contribution in [0.15, 0.2) is 30.5 Å². The molecular weight excluding hydrogens is 296 g/mol. The van der Waals surface area contributed by atoms with E-state index < -0.39 is 0 Å². The van der Waals surface area contributed by atoms with E-state index in [-0.39, 0.29) is 0 Å². The van der Waals surface area contributed by atoms with Gasteiger partial charge in [-0.3, -0.25) is 0 Å². The van der Waals surface area contributed by atoms with Gasteiger partial charge >= 0.3 is 0 Å². The van der Waals surface area contributed by atoms with Crippen molar-refractivity contribution in [2.24, 2.45) is 0 Å². The second kappa shape index (κ2) is 8.13. The zero-order valence-corrected chi connectivity index (χ0v) is 15.8. The molecule has 0 unspecified atom stereocenters. The SMILES string of the molecule is CCN(CC)c1nccc(Nc2c(C(C)C)cccc2C(C)C)n1. The third-order valence-electron chi connectivity index (χ3n) is 4.32. The van der Waals surface area contributed by atoms with E-state index in [1.165, 1.54) is 16.8 Å². The predicted octanol–water partition coefficient (Wildman–Crippen LogP) is 5.31. The van der Waals surface area contributed by atoms with Gasteiger partial charge in [0.15, 0.2) is 0 Å². The third-order valence-corrected chi connectivity index (χ3v) is 4.32. The molecule has 24 heavy (non-hydrogen) atoms. The summed E-state index contributed by atoms with van der Waals surface area (Å²) in [5, 5.41) is 3.57. The molecule has 0 spiro atoms. The van der Waals surface area contributed by atoms with Crippen molar-refractivity contribution in [1.82, 2.24) is 9.97 Å². The number of hydrogen-bond acceptors (Lipinski definition) is 4. The topological polar surface area (TPSA) is 41.1 Å². The number of anilines is 3. The monoisotopic (exact) mass is 326 g/mol. The summed E-state index contributed by atoms with van der Waals surface area (Å²) >= 11 is 0. The van der Waals surface area contributed by atoms with E-state index in [1.54, 1.807) is 0 Å². The Morgan fingerprint density at radius 2 is 1.54 bits per heavy atom. The summed E-state index contributed by atoms with van der Waals surface area (Å²) < 4.78 is 0. The summed E-state index contributed by atoms with van der Waals surface area (Å²) in [4.78, 5) is 11.3. The fourth-order valence-electron chi connectivity index (χ4n) is 2.90. The van der Waals surface area contributed by atoms with Crippen molar-refractivity contribution in [3.8, 4) is 0 Å². The fraction of sp³-hybridized carbons (Fsp3) is 0.500. The van der Waals surface area contributed by atoms with Crippen LogP contribution in [-0.2, 0) is 0 Å². The van der Waals surface area contributed by atoms with Gasteiger partial charge in [0.2, 0.25) is 5.95 Å². The second-order valence-corrected chi connectivity index (χ2v) is 6.66. The lowest BCUT2D eigenvalue weighted by Crippen LogP contribution is -2.24. The highest BCUT2D eigenvalue weighted by atomic mass is 15.3. The Balaban J connectivity index is 2.42. The lowest BCUT2D eigenvalue weighted by atomic mass is 9.92. The lowest BCUT2D eigenvalue weighted by Gasteiger charge is -2.22. The molecule has 1 N–H and O–H groups in total. The second-order valence-electron chi connectivity index (χ2n) is 6.66. The Morgan fingerprint density at radius 1 is 0.958 bits per heavy atom. The summed E-state index contributed by atoms with van der Waals surface area (Å²) in [6.07, 6.45) is 1.83. The van der Waals surface area contributed by atoms with Crippen molar-refractivity contribution in [1.29, 1.82) is 0 Å². The van der Waals surface area contributed by atoms with Crippen molar-refractivity contribution in [2.75, 3.05) is 23.3 Å². The summed E-state index contributed by atoms with van der Waals surface area (Å²) in [6, 6.07) is 8.49. The molecule has 2 aromatic rings. The smallest absolute Gasteiger partial charge is 0.227 e. The number of nitrogens with zero attached hydrogens (tertiary/aromatic N) is 3. The molecular formula is C20H30N4. The molecule has 130 valence electrons. The standard InChI is InChI=1S/C20H30N4/c1-7-24(8-2)20-21-13-12-18(23-20)22-19-16(14(3)4)10-9-11-17(19)15(5)6/h9-15H,7-8H2,1-6H3,(H,21,22,23). The maximum atomic E-state index is 4.71. The molecule has 0 saturated carbocycles. The molecule has 4 heteroatoms. The maximum Gasteiger partial charge on any atom is 0.227 e. The first-order chi connectivity index (χ1) is 11.5. The van der Waals surface area contributed by atoms with Crippen molar-refractivity contribution < 1.29 is 0 Å². The molecule has 0 aliphatic carbocycles. The minimum atomic E-state index is 0.454. The van der Waals surface area contributed by atoms with E-state index in [9.17, 15) is 0 Å². The van der Waals surface area contributed by atoms with E-state index in [0.29, 0.717) is 11.8 Å². The van der Waals surface area contributed by atoms with Crippen molar-refractivity contribution in [3.63, 3.8) is 0 Å². The first-order valence-electron chi connectivity index (χ1n) is 8.95. The Hall–Kier alpha value is -2.10. The number of benzene rings is 1. The largest absolute Gasteiger partial charge is 0.341 e. The molecule has 1 aromatic carbocycles. The van der Waals surface area contributed by atoms with Gasteiger partial charge in [0.25, 0.3) is 0 Å². The minimum Gasteiger partial charge on any atom is -0.341 e. The van der Waals surface area contributed by atoms with Crippen LogP contribution >= 0.6 is 0 Å². The van der Waals surface area contributed by atoms with Crippen LogP contribution in [0.1, 0.15) is 64.5 Å². The van der Waals surface area contributed by atoms with Crippen LogP contribution in [0.2, 0.25) is 0 Å². The van der Waals surface area contributed by atoms with Gasteiger partial charge in [-0.1, -0.05) is 45.9 Å². The summed E-state index contributed by atoms with van der Waals surface area (Å²) in [5.41, 5.74) is 3.83. The average molecular weight is 326 g/mol. The quantitative estimate of drug-likeness (QED) is 0.748. The van der Waals surface area contributed by atoms with Crippen LogP contribution < -0.4 is 10.2 Å². The average Bonchev–Trinajstić information content (AvgIpc) is 2.56. The van der Waals surface area contributed by atoms with Gasteiger partial charge in [-0.15, -0.1) is 0 Å². The van der Waals surface area contributed by atoms with Crippen molar-refractivity contribution in [3.05, 3.63) is 41.6 Å². The summed E-state index contributed by atoms with van der Waals surface area (Å²) in [7, 11) is 0. The molecule has 0 amide bonds. The molecule has 0 bridgehead atoms. The molecule has 0 atom stereocenters. The molecule has 0 saturated heterocycles. The van der Waals surface area contributed by atoms with Crippen LogP contribution in [0, 0.1) is 0 Å². The van der Waals surface area contributed by atoms with Gasteiger partial charge in [0, 0.05) is 25.0 Å². The molecule has 0 radical (unpaired) electrons. The van der Waals surface area contributed by atoms with Gasteiger partial charge < -0.3 is 10.2 Å².